The number of alkyl halides is 3. The van der Waals surface area contributed by atoms with Crippen molar-refractivity contribution in [1.82, 2.24) is 5.32 Å². The van der Waals surface area contributed by atoms with Crippen molar-refractivity contribution >= 4 is 11.6 Å². The van der Waals surface area contributed by atoms with E-state index in [1.54, 1.807) is 12.1 Å². The number of rotatable bonds is 0. The summed E-state index contributed by atoms with van der Waals surface area (Å²) in [7, 11) is 0. The monoisotopic (exact) mass is 230 g/mol. The number of amides is 1. The Morgan fingerprint density at radius 2 is 1.81 bits per heavy atom. The summed E-state index contributed by atoms with van der Waals surface area (Å²) in [6.45, 7) is 0.890. The van der Waals surface area contributed by atoms with Crippen LogP contribution in [0.15, 0.2) is 24.3 Å². The van der Waals surface area contributed by atoms with Crippen LogP contribution in [-0.4, -0.2) is 17.7 Å². The van der Waals surface area contributed by atoms with Gasteiger partial charge in [-0.15, -0.1) is 0 Å². The standard InChI is InChI=1S/C10H9F3N2O/c1-9(10(11,12)13)14-7-5-3-2-4-6(7)8(16)15-9/h2-5,14H,1H3,(H,15,16). The summed E-state index contributed by atoms with van der Waals surface area (Å²) >= 11 is 0. The number of carbonyl (C=O) groups excluding carboxylic acids is 1. The molecule has 1 aliphatic heterocycles. The lowest BCUT2D eigenvalue weighted by atomic mass is 10.0. The Labute approximate surface area is 89.6 Å². The van der Waals surface area contributed by atoms with Crippen LogP contribution in [0.1, 0.15) is 17.3 Å². The molecule has 0 bridgehead atoms. The second-order valence-electron chi connectivity index (χ2n) is 3.75. The lowest BCUT2D eigenvalue weighted by Crippen LogP contribution is -2.64. The molecular weight excluding hydrogens is 221 g/mol. The summed E-state index contributed by atoms with van der Waals surface area (Å²) in [4.78, 5) is 11.5. The molecule has 3 nitrogen and oxygen atoms in total. The first-order valence-corrected chi connectivity index (χ1v) is 4.60. The number of carbonyl (C=O) groups is 1. The molecule has 1 atom stereocenters. The number of anilines is 1. The Bertz CT molecular complexity index is 444. The molecule has 0 saturated heterocycles. The third-order valence-corrected chi connectivity index (χ3v) is 2.49. The van der Waals surface area contributed by atoms with Crippen molar-refractivity contribution in [3.63, 3.8) is 0 Å². The van der Waals surface area contributed by atoms with E-state index in [9.17, 15) is 18.0 Å². The molecule has 1 amide bonds. The molecule has 6 heteroatoms. The van der Waals surface area contributed by atoms with Crippen molar-refractivity contribution in [2.75, 3.05) is 5.32 Å². The van der Waals surface area contributed by atoms with Crippen LogP contribution in [0.5, 0.6) is 0 Å². The number of nitrogens with one attached hydrogen (secondary N) is 2. The number of hydrogen-bond acceptors (Lipinski definition) is 2. The van der Waals surface area contributed by atoms with Crippen LogP contribution in [0.25, 0.3) is 0 Å². The Morgan fingerprint density at radius 1 is 1.19 bits per heavy atom. The number of fused-ring (bicyclic) bond motifs is 1. The number of hydrogen-bond donors (Lipinski definition) is 2. The van der Waals surface area contributed by atoms with Gasteiger partial charge in [0, 0.05) is 5.69 Å². The molecule has 86 valence electrons. The van der Waals surface area contributed by atoms with E-state index in [1.165, 1.54) is 12.1 Å². The van der Waals surface area contributed by atoms with Gasteiger partial charge in [0.1, 0.15) is 0 Å². The second kappa shape index (κ2) is 3.13. The number of para-hydroxylation sites is 1. The van der Waals surface area contributed by atoms with E-state index in [0.717, 1.165) is 6.92 Å². The lowest BCUT2D eigenvalue weighted by Gasteiger charge is -2.38. The van der Waals surface area contributed by atoms with Gasteiger partial charge in [-0.2, -0.15) is 13.2 Å². The van der Waals surface area contributed by atoms with E-state index in [4.69, 9.17) is 0 Å². The third-order valence-electron chi connectivity index (χ3n) is 2.49. The predicted molar refractivity (Wildman–Crippen MR) is 52.0 cm³/mol. The highest BCUT2D eigenvalue weighted by Gasteiger charge is 2.54. The molecule has 0 fully saturated rings. The van der Waals surface area contributed by atoms with E-state index in [-0.39, 0.29) is 11.3 Å². The van der Waals surface area contributed by atoms with Crippen molar-refractivity contribution in [2.24, 2.45) is 0 Å². The smallest absolute Gasteiger partial charge is 0.355 e. The van der Waals surface area contributed by atoms with Crippen LogP contribution in [0.3, 0.4) is 0 Å². The van der Waals surface area contributed by atoms with E-state index < -0.39 is 17.7 Å². The first-order chi connectivity index (χ1) is 7.33. The van der Waals surface area contributed by atoms with Crippen LogP contribution in [0, 0.1) is 0 Å². The maximum Gasteiger partial charge on any atom is 0.429 e. The molecule has 0 aliphatic carbocycles. The minimum atomic E-state index is -4.56. The lowest BCUT2D eigenvalue weighted by molar-refractivity contribution is -0.180. The number of halogens is 3. The van der Waals surface area contributed by atoms with Crippen LogP contribution in [0.2, 0.25) is 0 Å². The molecule has 0 saturated carbocycles. The zero-order chi connectivity index (χ0) is 12.0. The highest BCUT2D eigenvalue weighted by Crippen LogP contribution is 2.35. The maximum absolute atomic E-state index is 12.7. The Balaban J connectivity index is 2.46. The van der Waals surface area contributed by atoms with Gasteiger partial charge in [-0.1, -0.05) is 12.1 Å². The predicted octanol–water partition coefficient (Wildman–Crippen LogP) is 2.12. The van der Waals surface area contributed by atoms with Gasteiger partial charge in [-0.3, -0.25) is 4.79 Å². The fraction of sp³-hybridized carbons (Fsp3) is 0.300. The molecule has 1 aromatic carbocycles. The van der Waals surface area contributed by atoms with Gasteiger partial charge in [0.15, 0.2) is 0 Å². The average Bonchev–Trinajstić information content (AvgIpc) is 2.15. The zero-order valence-corrected chi connectivity index (χ0v) is 8.35. The molecule has 1 aromatic rings. The summed E-state index contributed by atoms with van der Waals surface area (Å²) in [5.74, 6) is -0.728. The minimum Gasteiger partial charge on any atom is -0.355 e. The maximum atomic E-state index is 12.7. The summed E-state index contributed by atoms with van der Waals surface area (Å²) in [5, 5.41) is 4.20. The SMILES string of the molecule is CC1(C(F)(F)F)NC(=O)c2ccccc2N1. The minimum absolute atomic E-state index is 0.186. The largest absolute Gasteiger partial charge is 0.429 e. The Kier molecular flexibility index (Phi) is 2.11. The van der Waals surface area contributed by atoms with Gasteiger partial charge in [-0.05, 0) is 19.1 Å². The van der Waals surface area contributed by atoms with Crippen molar-refractivity contribution in [1.29, 1.82) is 0 Å². The van der Waals surface area contributed by atoms with E-state index in [0.29, 0.717) is 0 Å². The molecule has 2 rings (SSSR count). The van der Waals surface area contributed by atoms with Gasteiger partial charge in [0.25, 0.3) is 5.91 Å². The molecule has 16 heavy (non-hydrogen) atoms. The quantitative estimate of drug-likeness (QED) is 0.716. The van der Waals surface area contributed by atoms with Gasteiger partial charge < -0.3 is 10.6 Å². The number of benzene rings is 1. The molecule has 0 spiro atoms. The molecule has 2 N–H and O–H groups in total. The van der Waals surface area contributed by atoms with Crippen LogP contribution in [0.4, 0.5) is 18.9 Å². The molecule has 1 aliphatic rings. The summed E-state index contributed by atoms with van der Waals surface area (Å²) in [5.41, 5.74) is -2.02. The normalized spacial score (nSPS) is 24.4. The van der Waals surface area contributed by atoms with E-state index in [2.05, 4.69) is 5.32 Å². The van der Waals surface area contributed by atoms with Gasteiger partial charge in [0.05, 0.1) is 5.56 Å². The fourth-order valence-corrected chi connectivity index (χ4v) is 1.53. The molecule has 1 heterocycles. The summed E-state index contributed by atoms with van der Waals surface area (Å²) < 4.78 is 38.1. The van der Waals surface area contributed by atoms with Crippen LogP contribution >= 0.6 is 0 Å². The topological polar surface area (TPSA) is 41.1 Å². The average molecular weight is 230 g/mol. The molecule has 1 unspecified atom stereocenters. The summed E-state index contributed by atoms with van der Waals surface area (Å²) in [6.07, 6.45) is -4.56. The van der Waals surface area contributed by atoms with E-state index in [1.807, 2.05) is 5.32 Å². The van der Waals surface area contributed by atoms with Gasteiger partial charge in [0.2, 0.25) is 5.66 Å². The fourth-order valence-electron chi connectivity index (χ4n) is 1.53. The summed E-state index contributed by atoms with van der Waals surface area (Å²) in [6, 6.07) is 6.07. The Hall–Kier alpha value is -1.72. The van der Waals surface area contributed by atoms with Crippen molar-refractivity contribution in [3.8, 4) is 0 Å². The van der Waals surface area contributed by atoms with Crippen LogP contribution in [-0.2, 0) is 0 Å². The highest BCUT2D eigenvalue weighted by atomic mass is 19.4. The molecule has 0 aromatic heterocycles. The van der Waals surface area contributed by atoms with Crippen molar-refractivity contribution in [2.45, 2.75) is 18.8 Å². The van der Waals surface area contributed by atoms with Crippen LogP contribution < -0.4 is 10.6 Å². The highest BCUT2D eigenvalue weighted by molar-refractivity contribution is 6.02. The van der Waals surface area contributed by atoms with E-state index >= 15 is 0 Å². The Morgan fingerprint density at radius 3 is 2.44 bits per heavy atom. The zero-order valence-electron chi connectivity index (χ0n) is 8.35. The van der Waals surface area contributed by atoms with Crippen molar-refractivity contribution < 1.29 is 18.0 Å². The van der Waals surface area contributed by atoms with Gasteiger partial charge >= 0.3 is 6.18 Å². The molecular formula is C10H9F3N2O. The van der Waals surface area contributed by atoms with Gasteiger partial charge in [-0.25, -0.2) is 0 Å². The van der Waals surface area contributed by atoms with Crippen molar-refractivity contribution in [3.05, 3.63) is 29.8 Å². The first-order valence-electron chi connectivity index (χ1n) is 4.60. The first kappa shape index (κ1) is 10.8. The second-order valence-corrected chi connectivity index (χ2v) is 3.75. The third kappa shape index (κ3) is 1.50. The molecule has 0 radical (unpaired) electrons.